The van der Waals surface area contributed by atoms with Crippen LogP contribution in [0.1, 0.15) is 26.4 Å². The molecule has 1 fully saturated rings. The van der Waals surface area contributed by atoms with Crippen molar-refractivity contribution in [2.75, 3.05) is 13.1 Å². The third-order valence-corrected chi connectivity index (χ3v) is 5.03. The van der Waals surface area contributed by atoms with Crippen LogP contribution in [-0.4, -0.2) is 34.8 Å². The molecule has 1 aliphatic heterocycles. The molecule has 3 heterocycles. The number of carbonyl (C=O) groups is 2. The quantitative estimate of drug-likeness (QED) is 0.881. The lowest BCUT2D eigenvalue weighted by atomic mass is 10.1. The van der Waals surface area contributed by atoms with Crippen molar-refractivity contribution in [3.63, 3.8) is 0 Å². The fraction of sp³-hybridized carbons (Fsp3) is 0.308. The highest BCUT2D eigenvalue weighted by molar-refractivity contribution is 7.10. The first-order chi connectivity index (χ1) is 10.2. The Hall–Kier alpha value is -1.77. The second-order valence-electron chi connectivity index (χ2n) is 4.54. The summed E-state index contributed by atoms with van der Waals surface area (Å²) in [5.74, 6) is -0.370. The summed E-state index contributed by atoms with van der Waals surface area (Å²) in [6, 6.07) is 3.17. The van der Waals surface area contributed by atoms with Crippen molar-refractivity contribution in [1.82, 2.24) is 15.2 Å². The summed E-state index contributed by atoms with van der Waals surface area (Å²) in [6.07, 6.45) is 0. The third-order valence-electron chi connectivity index (χ3n) is 3.23. The molecule has 0 aromatic carbocycles. The Labute approximate surface area is 129 Å². The third kappa shape index (κ3) is 2.69. The Bertz CT molecular complexity index is 653. The number of thiophene rings is 1. The van der Waals surface area contributed by atoms with Gasteiger partial charge in [0, 0.05) is 29.9 Å². The molecule has 8 heteroatoms. The highest BCUT2D eigenvalue weighted by Crippen LogP contribution is 2.28. The summed E-state index contributed by atoms with van der Waals surface area (Å²) in [7, 11) is 0. The van der Waals surface area contributed by atoms with E-state index in [1.807, 2.05) is 17.5 Å². The van der Waals surface area contributed by atoms with Gasteiger partial charge in [-0.25, -0.2) is 4.98 Å². The number of aromatic nitrogens is 1. The van der Waals surface area contributed by atoms with Crippen LogP contribution in [0, 0.1) is 0 Å². The van der Waals surface area contributed by atoms with Gasteiger partial charge in [-0.15, -0.1) is 22.7 Å². The summed E-state index contributed by atoms with van der Waals surface area (Å²) in [4.78, 5) is 31.5. The molecule has 0 radical (unpaired) electrons. The molecule has 3 N–H and O–H groups in total. The van der Waals surface area contributed by atoms with Gasteiger partial charge < -0.3 is 16.0 Å². The van der Waals surface area contributed by atoms with E-state index >= 15 is 0 Å². The van der Waals surface area contributed by atoms with Gasteiger partial charge in [-0.1, -0.05) is 6.07 Å². The molecule has 6 nitrogen and oxygen atoms in total. The van der Waals surface area contributed by atoms with Gasteiger partial charge in [0.25, 0.3) is 5.91 Å². The molecular formula is C13H14N4O2S2. The van der Waals surface area contributed by atoms with Crippen LogP contribution < -0.4 is 11.1 Å². The van der Waals surface area contributed by atoms with E-state index in [1.54, 1.807) is 10.3 Å². The van der Waals surface area contributed by atoms with Gasteiger partial charge in [0.15, 0.2) is 0 Å². The van der Waals surface area contributed by atoms with Crippen LogP contribution in [-0.2, 0) is 11.3 Å². The zero-order valence-corrected chi connectivity index (χ0v) is 12.7. The maximum absolute atomic E-state index is 12.6. The van der Waals surface area contributed by atoms with E-state index < -0.39 is 6.04 Å². The van der Waals surface area contributed by atoms with Crippen LogP contribution in [0.15, 0.2) is 22.9 Å². The number of nitrogens with two attached hydrogens (primary N) is 1. The standard InChI is InChI=1S/C13H14N4O2S2/c14-6-10-16-8(7-21-10)13(19)17-4-3-15-12(18)11(17)9-2-1-5-20-9/h1-2,5,7,11H,3-4,6,14H2,(H,15,18). The Balaban J connectivity index is 1.90. The molecule has 1 aliphatic rings. The molecule has 3 rings (SSSR count). The number of amides is 2. The van der Waals surface area contributed by atoms with Crippen molar-refractivity contribution >= 4 is 34.5 Å². The van der Waals surface area contributed by atoms with Crippen molar-refractivity contribution in [2.45, 2.75) is 12.6 Å². The molecule has 1 atom stereocenters. The van der Waals surface area contributed by atoms with Crippen LogP contribution in [0.4, 0.5) is 0 Å². The largest absolute Gasteiger partial charge is 0.352 e. The first-order valence-electron chi connectivity index (χ1n) is 6.47. The fourth-order valence-corrected chi connectivity index (χ4v) is 3.75. The minimum absolute atomic E-state index is 0.147. The molecule has 0 saturated carbocycles. The monoisotopic (exact) mass is 322 g/mol. The molecule has 0 aliphatic carbocycles. The number of rotatable bonds is 3. The number of nitrogens with one attached hydrogen (secondary N) is 1. The lowest BCUT2D eigenvalue weighted by Gasteiger charge is -2.34. The van der Waals surface area contributed by atoms with Crippen molar-refractivity contribution in [2.24, 2.45) is 5.73 Å². The highest BCUT2D eigenvalue weighted by atomic mass is 32.1. The van der Waals surface area contributed by atoms with E-state index in [4.69, 9.17) is 5.73 Å². The van der Waals surface area contributed by atoms with Crippen molar-refractivity contribution in [1.29, 1.82) is 0 Å². The summed E-state index contributed by atoms with van der Waals surface area (Å²) in [6.45, 7) is 1.25. The summed E-state index contributed by atoms with van der Waals surface area (Å²) < 4.78 is 0. The van der Waals surface area contributed by atoms with Gasteiger partial charge in [0.1, 0.15) is 16.7 Å². The highest BCUT2D eigenvalue weighted by Gasteiger charge is 2.36. The van der Waals surface area contributed by atoms with Crippen LogP contribution in [0.25, 0.3) is 0 Å². The summed E-state index contributed by atoms with van der Waals surface area (Å²) >= 11 is 2.83. The number of nitrogens with zero attached hydrogens (tertiary/aromatic N) is 2. The van der Waals surface area contributed by atoms with Crippen molar-refractivity contribution < 1.29 is 9.59 Å². The number of hydrogen-bond donors (Lipinski definition) is 2. The topological polar surface area (TPSA) is 88.3 Å². The summed E-state index contributed by atoms with van der Waals surface area (Å²) in [5.41, 5.74) is 5.89. The first kappa shape index (κ1) is 14.2. The van der Waals surface area contributed by atoms with E-state index in [1.165, 1.54) is 22.7 Å². The van der Waals surface area contributed by atoms with Crippen LogP contribution in [0.5, 0.6) is 0 Å². The maximum atomic E-state index is 12.6. The fourth-order valence-electron chi connectivity index (χ4n) is 2.27. The predicted octanol–water partition coefficient (Wildman–Crippen LogP) is 0.977. The van der Waals surface area contributed by atoms with Gasteiger partial charge in [-0.3, -0.25) is 9.59 Å². The molecule has 21 heavy (non-hydrogen) atoms. The number of piperazine rings is 1. The molecule has 0 spiro atoms. The van der Waals surface area contributed by atoms with Gasteiger partial charge >= 0.3 is 0 Å². The normalized spacial score (nSPS) is 18.6. The van der Waals surface area contributed by atoms with Gasteiger partial charge in [0.2, 0.25) is 5.91 Å². The van der Waals surface area contributed by atoms with Gasteiger partial charge in [-0.2, -0.15) is 0 Å². The molecular weight excluding hydrogens is 308 g/mol. The second kappa shape index (κ2) is 5.92. The van der Waals surface area contributed by atoms with Crippen LogP contribution >= 0.6 is 22.7 Å². The minimum atomic E-state index is -0.575. The smallest absolute Gasteiger partial charge is 0.274 e. The molecule has 2 aromatic rings. The lowest BCUT2D eigenvalue weighted by Crippen LogP contribution is -2.52. The van der Waals surface area contributed by atoms with E-state index in [0.717, 1.165) is 4.88 Å². The number of thiazole rings is 1. The predicted molar refractivity (Wildman–Crippen MR) is 81.1 cm³/mol. The van der Waals surface area contributed by atoms with E-state index in [9.17, 15) is 9.59 Å². The minimum Gasteiger partial charge on any atom is -0.352 e. The molecule has 110 valence electrons. The van der Waals surface area contributed by atoms with Crippen molar-refractivity contribution in [3.8, 4) is 0 Å². The Morgan fingerprint density at radius 1 is 1.52 bits per heavy atom. The van der Waals surface area contributed by atoms with Crippen molar-refractivity contribution in [3.05, 3.63) is 38.5 Å². The Morgan fingerprint density at radius 2 is 2.38 bits per heavy atom. The molecule has 1 unspecified atom stereocenters. The maximum Gasteiger partial charge on any atom is 0.274 e. The molecule has 0 bridgehead atoms. The number of carbonyl (C=O) groups excluding carboxylic acids is 2. The van der Waals surface area contributed by atoms with E-state index in [-0.39, 0.29) is 11.8 Å². The molecule has 2 aromatic heterocycles. The zero-order chi connectivity index (χ0) is 14.8. The molecule has 1 saturated heterocycles. The average Bonchev–Trinajstić information content (AvgIpc) is 3.17. The van der Waals surface area contributed by atoms with E-state index in [0.29, 0.717) is 30.3 Å². The zero-order valence-electron chi connectivity index (χ0n) is 11.1. The van der Waals surface area contributed by atoms with Crippen LogP contribution in [0.2, 0.25) is 0 Å². The molecule has 2 amide bonds. The van der Waals surface area contributed by atoms with E-state index in [2.05, 4.69) is 10.3 Å². The van der Waals surface area contributed by atoms with Crippen LogP contribution in [0.3, 0.4) is 0 Å². The second-order valence-corrected chi connectivity index (χ2v) is 6.46. The Morgan fingerprint density at radius 3 is 3.05 bits per heavy atom. The average molecular weight is 322 g/mol. The van der Waals surface area contributed by atoms with Gasteiger partial charge in [0.05, 0.1) is 0 Å². The lowest BCUT2D eigenvalue weighted by molar-refractivity contribution is -0.127. The SMILES string of the molecule is NCc1nc(C(=O)N2CCNC(=O)C2c2cccs2)cs1. The Kier molecular flexibility index (Phi) is 4.00. The van der Waals surface area contributed by atoms with Gasteiger partial charge in [-0.05, 0) is 11.4 Å². The summed E-state index contributed by atoms with van der Waals surface area (Å²) in [5, 5.41) is 7.12. The first-order valence-corrected chi connectivity index (χ1v) is 8.23. The number of hydrogen-bond acceptors (Lipinski definition) is 6.